The molecule has 0 aliphatic heterocycles. The molecule has 0 aliphatic carbocycles. The van der Waals surface area contributed by atoms with Crippen molar-refractivity contribution in [2.75, 3.05) is 0 Å². The number of aliphatic carboxylic acids is 2. The van der Waals surface area contributed by atoms with Crippen molar-refractivity contribution in [1.82, 2.24) is 0 Å². The fourth-order valence-electron chi connectivity index (χ4n) is 0.229. The summed E-state index contributed by atoms with van der Waals surface area (Å²) in [5, 5.41) is 17.0. The first-order valence-corrected chi connectivity index (χ1v) is 2.52. The smallest absolute Gasteiger partial charge is 0.320 e. The third-order valence-electron chi connectivity index (χ3n) is 0.663. The van der Waals surface area contributed by atoms with Gasteiger partial charge in [0.25, 0.3) is 0 Å². The van der Waals surface area contributed by atoms with Crippen molar-refractivity contribution in [3.8, 4) is 0 Å². The van der Waals surface area contributed by atoms with Gasteiger partial charge >= 0.3 is 11.9 Å². The molecule has 0 aliphatic rings. The van der Waals surface area contributed by atoms with E-state index in [9.17, 15) is 9.59 Å². The molecule has 5 nitrogen and oxygen atoms in total. The Hall–Kier alpha value is -1.10. The number of carbonyl (C=O) groups is 2. The maximum atomic E-state index is 10.5. The summed E-state index contributed by atoms with van der Waals surface area (Å²) in [6.07, 6.45) is -10.6. The zero-order valence-electron chi connectivity index (χ0n) is 11.4. The van der Waals surface area contributed by atoms with E-state index in [0.717, 1.165) is 0 Å². The maximum absolute atomic E-state index is 10.5. The Bertz CT molecular complexity index is 343. The minimum Gasteiger partial charge on any atom is -0.481 e. The molecule has 0 aromatic rings. The van der Waals surface area contributed by atoms with Crippen molar-refractivity contribution in [3.63, 3.8) is 0 Å². The summed E-state index contributed by atoms with van der Waals surface area (Å²) >= 11 is 0. The number of nitrogens with two attached hydrogens (primary N) is 1. The number of carboxylic acids is 2. The molecule has 0 bridgehead atoms. The van der Waals surface area contributed by atoms with Gasteiger partial charge in [0.2, 0.25) is 0 Å². The van der Waals surface area contributed by atoms with Crippen molar-refractivity contribution in [2.45, 2.75) is 25.2 Å². The second-order valence-corrected chi connectivity index (χ2v) is 1.52. The summed E-state index contributed by atoms with van der Waals surface area (Å²) in [4.78, 5) is 21.0. The molecule has 4 N–H and O–H groups in total. The van der Waals surface area contributed by atoms with Crippen LogP contribution in [0, 0.1) is 0 Å². The lowest BCUT2D eigenvalue weighted by Gasteiger charge is -2.02. The number of carboxylic acid groups (broad SMARTS) is 2. The van der Waals surface area contributed by atoms with Crippen LogP contribution in [0.25, 0.3) is 0 Å². The Morgan fingerprint density at radius 1 is 1.55 bits per heavy atom. The van der Waals surface area contributed by atoms with Gasteiger partial charge in [-0.05, 0) is 12.7 Å². The minimum absolute atomic E-state index is 1.90. The van der Waals surface area contributed by atoms with Crippen LogP contribution >= 0.6 is 0 Å². The lowest BCUT2D eigenvalue weighted by Crippen LogP contribution is -2.29. The molecule has 5 heteroatoms. The third kappa shape index (κ3) is 5.35. The summed E-state index contributed by atoms with van der Waals surface area (Å²) in [5.41, 5.74) is 4.90. The first-order chi connectivity index (χ1) is 7.30. The highest BCUT2D eigenvalue weighted by atomic mass is 16.4. The van der Waals surface area contributed by atoms with E-state index in [1.165, 1.54) is 0 Å². The molecule has 1 atom stereocenters. The summed E-state index contributed by atoms with van der Waals surface area (Å²) < 4.78 is 42.7. The molecule has 1 unspecified atom stereocenters. The van der Waals surface area contributed by atoms with Crippen LogP contribution in [0.1, 0.15) is 27.3 Å². The van der Waals surface area contributed by atoms with Crippen molar-refractivity contribution >= 4 is 11.9 Å². The van der Waals surface area contributed by atoms with E-state index in [-0.39, 0.29) is 0 Å². The molecule has 64 valence electrons. The van der Waals surface area contributed by atoms with Crippen LogP contribution in [0.2, 0.25) is 0 Å². The molecule has 11 heavy (non-hydrogen) atoms. The second kappa shape index (κ2) is 4.68. The van der Waals surface area contributed by atoms with Gasteiger partial charge in [0.15, 0.2) is 0 Å². The Balaban J connectivity index is 5.59. The maximum Gasteiger partial charge on any atom is 0.320 e. The number of hydrogen-bond donors (Lipinski definition) is 3. The number of hydrogen-bond acceptors (Lipinski definition) is 3. The fraction of sp³-hybridized carbons (Fsp3) is 0.667. The fourth-order valence-corrected chi connectivity index (χ4v) is 0.229. The van der Waals surface area contributed by atoms with E-state index in [1.54, 1.807) is 0 Å². The highest BCUT2D eigenvalue weighted by Crippen LogP contribution is 1.98. The van der Waals surface area contributed by atoms with Gasteiger partial charge in [0.1, 0.15) is 6.04 Å². The zero-order chi connectivity index (χ0) is 14.2. The summed E-state index contributed by atoms with van der Waals surface area (Å²) in [6.45, 7) is 0. The molecule has 0 aromatic carbocycles. The average molecular weight is 167 g/mol. The highest BCUT2D eigenvalue weighted by molar-refractivity contribution is 5.73. The van der Waals surface area contributed by atoms with Crippen LogP contribution < -0.4 is 5.73 Å². The standard InChI is InChI=1S/C6H11NO4/c7-4(6(10)11)2-1-3-5(8)9/h4H,1-3,7H2,(H,8,9)(H,10,11)/i1D2,2D2,3D2. The predicted octanol–water partition coefficient (Wildman–Crippen LogP) is -0.347. The summed E-state index contributed by atoms with van der Waals surface area (Å²) in [5.74, 6) is -4.15. The van der Waals surface area contributed by atoms with Gasteiger partial charge in [-0.3, -0.25) is 9.59 Å². The molecule has 0 saturated heterocycles. The van der Waals surface area contributed by atoms with E-state index < -0.39 is 37.1 Å². The van der Waals surface area contributed by atoms with E-state index in [4.69, 9.17) is 24.2 Å². The Labute approximate surface area is 72.2 Å². The number of rotatable bonds is 5. The quantitative estimate of drug-likeness (QED) is 0.519. The van der Waals surface area contributed by atoms with E-state index in [2.05, 4.69) is 0 Å². The Morgan fingerprint density at radius 2 is 2.09 bits per heavy atom. The van der Waals surface area contributed by atoms with Crippen LogP contribution in [0.5, 0.6) is 0 Å². The lowest BCUT2D eigenvalue weighted by molar-refractivity contribution is -0.140. The molecule has 0 fully saturated rings. The molecular weight excluding hydrogens is 150 g/mol. The SMILES string of the molecule is [2H]C([2H])(C(=O)O)C([2H])([2H])C([2H])([2H])C(N)C(=O)O. The predicted molar refractivity (Wildman–Crippen MR) is 37.1 cm³/mol. The average Bonchev–Trinajstić information content (AvgIpc) is 2.15. The molecule has 0 heterocycles. The van der Waals surface area contributed by atoms with Crippen molar-refractivity contribution < 1.29 is 28.0 Å². The van der Waals surface area contributed by atoms with Crippen molar-refractivity contribution in [2.24, 2.45) is 5.73 Å². The van der Waals surface area contributed by atoms with E-state index in [1.807, 2.05) is 0 Å². The first-order valence-electron chi connectivity index (χ1n) is 5.52. The van der Waals surface area contributed by atoms with Gasteiger partial charge in [0, 0.05) is 14.6 Å². The largest absolute Gasteiger partial charge is 0.481 e. The third-order valence-corrected chi connectivity index (χ3v) is 0.663. The molecular formula is C6H11NO4. The Kier molecular flexibility index (Phi) is 1.50. The van der Waals surface area contributed by atoms with Gasteiger partial charge < -0.3 is 15.9 Å². The summed E-state index contributed by atoms with van der Waals surface area (Å²) in [6, 6.07) is -2.40. The minimum atomic E-state index is -3.62. The monoisotopic (exact) mass is 167 g/mol. The van der Waals surface area contributed by atoms with Gasteiger partial charge in [-0.1, -0.05) is 0 Å². The van der Waals surface area contributed by atoms with Crippen LogP contribution in [0.15, 0.2) is 0 Å². The summed E-state index contributed by atoms with van der Waals surface area (Å²) in [7, 11) is 0. The molecule has 0 rings (SSSR count). The van der Waals surface area contributed by atoms with E-state index >= 15 is 0 Å². The van der Waals surface area contributed by atoms with Crippen LogP contribution in [-0.4, -0.2) is 28.2 Å². The van der Waals surface area contributed by atoms with Gasteiger partial charge in [0.05, 0.1) is 0 Å². The van der Waals surface area contributed by atoms with Crippen molar-refractivity contribution in [1.29, 1.82) is 0 Å². The normalized spacial score (nSPS) is 24.5. The van der Waals surface area contributed by atoms with Crippen LogP contribution in [0.4, 0.5) is 0 Å². The van der Waals surface area contributed by atoms with Gasteiger partial charge in [-0.15, -0.1) is 0 Å². The van der Waals surface area contributed by atoms with Gasteiger partial charge in [-0.25, -0.2) is 0 Å². The van der Waals surface area contributed by atoms with Crippen molar-refractivity contribution in [3.05, 3.63) is 0 Å². The topological polar surface area (TPSA) is 101 Å². The van der Waals surface area contributed by atoms with Crippen LogP contribution in [0.3, 0.4) is 0 Å². The molecule has 0 radical (unpaired) electrons. The lowest BCUT2D eigenvalue weighted by atomic mass is 10.1. The van der Waals surface area contributed by atoms with Crippen LogP contribution in [-0.2, 0) is 9.59 Å². The second-order valence-electron chi connectivity index (χ2n) is 1.52. The van der Waals surface area contributed by atoms with Gasteiger partial charge in [-0.2, -0.15) is 0 Å². The highest BCUT2D eigenvalue weighted by Gasteiger charge is 2.10. The Morgan fingerprint density at radius 3 is 2.45 bits per heavy atom. The molecule has 0 saturated carbocycles. The van der Waals surface area contributed by atoms with E-state index in [0.29, 0.717) is 0 Å². The molecule has 0 amide bonds. The molecule has 0 aromatic heterocycles. The zero-order valence-corrected chi connectivity index (χ0v) is 5.37. The molecule has 0 spiro atoms. The first kappa shape index (κ1) is 3.53.